The molecule has 0 unspecified atom stereocenters. The van der Waals surface area contributed by atoms with Crippen LogP contribution < -0.4 is 5.32 Å². The van der Waals surface area contributed by atoms with Crippen LogP contribution in [0, 0.1) is 6.92 Å². The summed E-state index contributed by atoms with van der Waals surface area (Å²) >= 11 is 3.32. The number of thioether (sulfide) groups is 1. The summed E-state index contributed by atoms with van der Waals surface area (Å²) in [7, 11) is 0. The molecule has 2 heterocycles. The zero-order valence-electron chi connectivity index (χ0n) is 10.9. The van der Waals surface area contributed by atoms with Gasteiger partial charge < -0.3 is 10.4 Å². The minimum absolute atomic E-state index is 0.116. The maximum absolute atomic E-state index is 10.6. The molecule has 7 heteroatoms. The van der Waals surface area contributed by atoms with Gasteiger partial charge in [0.1, 0.15) is 5.52 Å². The van der Waals surface area contributed by atoms with Crippen LogP contribution in [0.4, 0.5) is 4.79 Å². The molecular weight excluding hydrogens is 282 g/mol. The summed E-state index contributed by atoms with van der Waals surface area (Å²) < 4.78 is 1.14. The van der Waals surface area contributed by atoms with Crippen molar-refractivity contribution in [1.29, 1.82) is 0 Å². The van der Waals surface area contributed by atoms with Crippen LogP contribution in [0.3, 0.4) is 0 Å². The van der Waals surface area contributed by atoms with Crippen molar-refractivity contribution in [2.45, 2.75) is 31.2 Å². The van der Waals surface area contributed by atoms with Crippen molar-refractivity contribution in [3.05, 3.63) is 16.6 Å². The average molecular weight is 297 g/mol. The number of nitrogens with zero attached hydrogens (tertiary/aromatic N) is 2. The van der Waals surface area contributed by atoms with E-state index in [9.17, 15) is 4.79 Å². The van der Waals surface area contributed by atoms with E-state index in [1.807, 2.05) is 20.1 Å². The third kappa shape index (κ3) is 2.98. The SMILES string of the molecule is CSc1cnnc2c(C)c(C[C@H](C)NC(=O)O)sc12. The Labute approximate surface area is 119 Å². The van der Waals surface area contributed by atoms with Crippen molar-refractivity contribution in [3.63, 3.8) is 0 Å². The number of thiophene rings is 1. The van der Waals surface area contributed by atoms with E-state index in [2.05, 4.69) is 15.5 Å². The predicted molar refractivity (Wildman–Crippen MR) is 78.3 cm³/mol. The molecule has 5 nitrogen and oxygen atoms in total. The number of aromatic nitrogens is 2. The Balaban J connectivity index is 2.34. The lowest BCUT2D eigenvalue weighted by Gasteiger charge is -2.10. The van der Waals surface area contributed by atoms with Gasteiger partial charge in [0.15, 0.2) is 0 Å². The first-order valence-electron chi connectivity index (χ1n) is 5.80. The molecule has 2 N–H and O–H groups in total. The smallest absolute Gasteiger partial charge is 0.404 e. The van der Waals surface area contributed by atoms with Crippen molar-refractivity contribution < 1.29 is 9.90 Å². The molecule has 0 saturated heterocycles. The quantitative estimate of drug-likeness (QED) is 0.849. The van der Waals surface area contributed by atoms with E-state index in [1.54, 1.807) is 29.3 Å². The van der Waals surface area contributed by atoms with Gasteiger partial charge in [-0.2, -0.15) is 5.10 Å². The molecule has 19 heavy (non-hydrogen) atoms. The highest BCUT2D eigenvalue weighted by Gasteiger charge is 2.16. The zero-order chi connectivity index (χ0) is 14.0. The summed E-state index contributed by atoms with van der Waals surface area (Å²) in [5.41, 5.74) is 2.02. The maximum atomic E-state index is 10.6. The van der Waals surface area contributed by atoms with Gasteiger partial charge in [-0.3, -0.25) is 0 Å². The highest BCUT2D eigenvalue weighted by atomic mass is 32.2. The van der Waals surface area contributed by atoms with Gasteiger partial charge >= 0.3 is 6.09 Å². The fourth-order valence-electron chi connectivity index (χ4n) is 1.92. The van der Waals surface area contributed by atoms with Gasteiger partial charge in [-0.1, -0.05) is 0 Å². The molecule has 0 aliphatic heterocycles. The maximum Gasteiger partial charge on any atom is 0.404 e. The topological polar surface area (TPSA) is 75.1 Å². The molecule has 0 aromatic carbocycles. The highest BCUT2D eigenvalue weighted by Crippen LogP contribution is 2.35. The minimum Gasteiger partial charge on any atom is -0.465 e. The van der Waals surface area contributed by atoms with E-state index in [-0.39, 0.29) is 6.04 Å². The zero-order valence-corrected chi connectivity index (χ0v) is 12.6. The fourth-order valence-corrected chi connectivity index (χ4v) is 4.00. The van der Waals surface area contributed by atoms with E-state index >= 15 is 0 Å². The van der Waals surface area contributed by atoms with Crippen LogP contribution in [-0.4, -0.2) is 33.7 Å². The Morgan fingerprint density at radius 2 is 2.37 bits per heavy atom. The lowest BCUT2D eigenvalue weighted by Crippen LogP contribution is -2.32. The highest BCUT2D eigenvalue weighted by molar-refractivity contribution is 7.99. The molecule has 0 spiro atoms. The number of nitrogens with one attached hydrogen (secondary N) is 1. The van der Waals surface area contributed by atoms with Crippen LogP contribution in [0.25, 0.3) is 10.2 Å². The largest absolute Gasteiger partial charge is 0.465 e. The first-order valence-corrected chi connectivity index (χ1v) is 7.84. The molecule has 2 rings (SSSR count). The molecule has 0 bridgehead atoms. The van der Waals surface area contributed by atoms with Crippen LogP contribution in [0.1, 0.15) is 17.4 Å². The van der Waals surface area contributed by atoms with Gasteiger partial charge in [0.25, 0.3) is 0 Å². The summed E-state index contributed by atoms with van der Waals surface area (Å²) in [4.78, 5) is 12.9. The minimum atomic E-state index is -0.990. The Kier molecular flexibility index (Phi) is 4.26. The second-order valence-corrected chi connectivity index (χ2v) is 6.25. The lowest BCUT2D eigenvalue weighted by molar-refractivity contribution is 0.191. The van der Waals surface area contributed by atoms with Gasteiger partial charge in [-0.05, 0) is 25.7 Å². The van der Waals surface area contributed by atoms with E-state index in [0.717, 1.165) is 25.6 Å². The molecule has 0 aliphatic rings. The van der Waals surface area contributed by atoms with Gasteiger partial charge in [0.05, 0.1) is 10.9 Å². The molecule has 2 aromatic heterocycles. The number of rotatable bonds is 4. The molecule has 0 radical (unpaired) electrons. The van der Waals surface area contributed by atoms with Gasteiger partial charge in [-0.25, -0.2) is 4.79 Å². The third-order valence-corrected chi connectivity index (χ3v) is 5.07. The predicted octanol–water partition coefficient (Wildman–Crippen LogP) is 2.92. The summed E-state index contributed by atoms with van der Waals surface area (Å²) in [5.74, 6) is 0. The molecule has 2 aromatic rings. The van der Waals surface area contributed by atoms with E-state index in [0.29, 0.717) is 6.42 Å². The second-order valence-electron chi connectivity index (χ2n) is 4.30. The fraction of sp³-hybridized carbons (Fsp3) is 0.417. The standard InChI is InChI=1S/C12H15N3O2S2/c1-6(14-12(16)17)4-8-7(2)10-11(19-8)9(18-3)5-13-15-10/h5-6,14H,4H2,1-3H3,(H,16,17)/t6-/m0/s1. The van der Waals surface area contributed by atoms with Crippen molar-refractivity contribution in [3.8, 4) is 0 Å². The lowest BCUT2D eigenvalue weighted by atomic mass is 10.1. The van der Waals surface area contributed by atoms with Crippen LogP contribution in [-0.2, 0) is 6.42 Å². The number of carboxylic acid groups (broad SMARTS) is 1. The van der Waals surface area contributed by atoms with Crippen molar-refractivity contribution in [2.75, 3.05) is 6.26 Å². The van der Waals surface area contributed by atoms with Gasteiger partial charge in [-0.15, -0.1) is 28.2 Å². The Morgan fingerprint density at radius 3 is 3.00 bits per heavy atom. The van der Waals surface area contributed by atoms with Crippen LogP contribution >= 0.6 is 23.1 Å². The van der Waals surface area contributed by atoms with Crippen LogP contribution in [0.15, 0.2) is 11.1 Å². The Morgan fingerprint density at radius 1 is 1.63 bits per heavy atom. The average Bonchev–Trinajstić information content (AvgIpc) is 2.65. The Bertz CT molecular complexity index is 612. The Hall–Kier alpha value is -1.34. The molecule has 102 valence electrons. The number of aryl methyl sites for hydroxylation is 1. The van der Waals surface area contributed by atoms with Crippen LogP contribution in [0.2, 0.25) is 0 Å². The molecule has 1 amide bonds. The van der Waals surface area contributed by atoms with E-state index in [1.165, 1.54) is 0 Å². The van der Waals surface area contributed by atoms with Crippen LogP contribution in [0.5, 0.6) is 0 Å². The molecule has 0 saturated carbocycles. The summed E-state index contributed by atoms with van der Waals surface area (Å²) in [6.45, 7) is 3.87. The number of carbonyl (C=O) groups is 1. The third-order valence-electron chi connectivity index (χ3n) is 2.85. The number of fused-ring (bicyclic) bond motifs is 1. The second kappa shape index (κ2) is 5.75. The summed E-state index contributed by atoms with van der Waals surface area (Å²) in [6.07, 6.45) is 3.47. The van der Waals surface area contributed by atoms with Crippen molar-refractivity contribution in [1.82, 2.24) is 15.5 Å². The first-order chi connectivity index (χ1) is 9.02. The van der Waals surface area contributed by atoms with Crippen molar-refractivity contribution in [2.24, 2.45) is 0 Å². The summed E-state index contributed by atoms with van der Waals surface area (Å²) in [5, 5.41) is 19.4. The molecular formula is C12H15N3O2S2. The molecule has 1 atom stereocenters. The number of hydrogen-bond acceptors (Lipinski definition) is 5. The normalized spacial score (nSPS) is 12.6. The van der Waals surface area contributed by atoms with E-state index < -0.39 is 6.09 Å². The summed E-state index contributed by atoms with van der Waals surface area (Å²) in [6, 6.07) is -0.116. The van der Waals surface area contributed by atoms with E-state index in [4.69, 9.17) is 5.11 Å². The van der Waals surface area contributed by atoms with Gasteiger partial charge in [0.2, 0.25) is 0 Å². The monoisotopic (exact) mass is 297 g/mol. The molecule has 0 fully saturated rings. The van der Waals surface area contributed by atoms with Gasteiger partial charge in [0, 0.05) is 22.2 Å². The first kappa shape index (κ1) is 14.1. The van der Waals surface area contributed by atoms with Crippen molar-refractivity contribution >= 4 is 39.4 Å². The number of amides is 1. The number of hydrogen-bond donors (Lipinski definition) is 2. The molecule has 0 aliphatic carbocycles.